The molecule has 0 amide bonds. The number of hydrogen-bond donors (Lipinski definition) is 0. The molecule has 1 atom stereocenters. The van der Waals surface area contributed by atoms with Gasteiger partial charge in [-0.15, -0.1) is 0 Å². The summed E-state index contributed by atoms with van der Waals surface area (Å²) in [5.41, 5.74) is 0. The van der Waals surface area contributed by atoms with Crippen molar-refractivity contribution < 1.29 is 18.1 Å². The van der Waals surface area contributed by atoms with Gasteiger partial charge in [-0.1, -0.05) is 13.3 Å². The van der Waals surface area contributed by atoms with Crippen LogP contribution in [0.4, 0.5) is 0 Å². The van der Waals surface area contributed by atoms with E-state index in [4.69, 9.17) is 13.3 Å². The van der Waals surface area contributed by atoms with Crippen LogP contribution >= 0.6 is 0 Å². The number of hydrogen-bond acceptors (Lipinski definition) is 5. The summed E-state index contributed by atoms with van der Waals surface area (Å²) >= 11 is 0. The molecule has 0 radical (unpaired) electrons. The van der Waals surface area contributed by atoms with Crippen molar-refractivity contribution in [3.8, 4) is 0 Å². The lowest BCUT2D eigenvalue weighted by Gasteiger charge is -2.18. The van der Waals surface area contributed by atoms with Gasteiger partial charge in [-0.2, -0.15) is 4.99 Å². The van der Waals surface area contributed by atoms with Crippen LogP contribution in [0.1, 0.15) is 33.6 Å². The smallest absolute Gasteiger partial charge is 0.376 e. The van der Waals surface area contributed by atoms with Crippen LogP contribution in [0, 0.1) is 0 Å². The van der Waals surface area contributed by atoms with Crippen LogP contribution in [0.3, 0.4) is 0 Å². The summed E-state index contributed by atoms with van der Waals surface area (Å²) in [7, 11) is -2.13. The van der Waals surface area contributed by atoms with Gasteiger partial charge in [-0.25, -0.2) is 4.79 Å². The molecule has 0 fully saturated rings. The first-order valence-electron chi connectivity index (χ1n) is 5.24. The highest BCUT2D eigenvalue weighted by Crippen LogP contribution is 2.06. The van der Waals surface area contributed by atoms with E-state index >= 15 is 0 Å². The molecule has 0 rings (SSSR count). The second-order valence-corrected chi connectivity index (χ2v) is 4.32. The molecular weight excluding hydrogens is 214 g/mol. The zero-order valence-corrected chi connectivity index (χ0v) is 10.7. The van der Waals surface area contributed by atoms with E-state index in [2.05, 4.69) is 4.99 Å². The summed E-state index contributed by atoms with van der Waals surface area (Å²) in [6.45, 7) is 6.83. The van der Waals surface area contributed by atoms with Crippen molar-refractivity contribution in [3.63, 3.8) is 0 Å². The van der Waals surface area contributed by atoms with Crippen LogP contribution in [0.5, 0.6) is 0 Å². The van der Waals surface area contributed by atoms with Crippen molar-refractivity contribution in [1.82, 2.24) is 0 Å². The third-order valence-electron chi connectivity index (χ3n) is 1.61. The second kappa shape index (κ2) is 10.0. The maximum absolute atomic E-state index is 10.1. The molecule has 15 heavy (non-hydrogen) atoms. The van der Waals surface area contributed by atoms with Gasteiger partial charge >= 0.3 is 9.53 Å². The van der Waals surface area contributed by atoms with Crippen molar-refractivity contribution in [3.05, 3.63) is 0 Å². The maximum Gasteiger partial charge on any atom is 0.485 e. The Kier molecular flexibility index (Phi) is 9.66. The Labute approximate surface area is 92.4 Å². The van der Waals surface area contributed by atoms with Gasteiger partial charge in [0.15, 0.2) is 6.23 Å². The summed E-state index contributed by atoms with van der Waals surface area (Å²) in [6.07, 6.45) is 2.60. The molecule has 0 aromatic carbocycles. The van der Waals surface area contributed by atoms with Crippen molar-refractivity contribution in [2.45, 2.75) is 39.8 Å². The SMILES string of the molecule is CCC[C@@H](N=C=O)O[SiH](OCC)OCC. The third kappa shape index (κ3) is 7.41. The summed E-state index contributed by atoms with van der Waals surface area (Å²) < 4.78 is 16.1. The third-order valence-corrected chi connectivity index (χ3v) is 3.35. The Hall–Kier alpha value is -0.523. The zero-order chi connectivity index (χ0) is 11.5. The molecule has 6 heteroatoms. The van der Waals surface area contributed by atoms with Crippen LogP contribution in [0.25, 0.3) is 0 Å². The van der Waals surface area contributed by atoms with Gasteiger partial charge in [0, 0.05) is 13.2 Å². The normalized spacial score (nSPS) is 12.5. The fourth-order valence-electron chi connectivity index (χ4n) is 0.996. The molecule has 0 saturated heterocycles. The summed E-state index contributed by atoms with van der Waals surface area (Å²) in [5.74, 6) is 0. The topological polar surface area (TPSA) is 57.1 Å². The van der Waals surface area contributed by atoms with Crippen LogP contribution in [-0.4, -0.2) is 35.0 Å². The average Bonchev–Trinajstić information content (AvgIpc) is 2.19. The molecule has 0 saturated carbocycles. The molecule has 0 spiro atoms. The van der Waals surface area contributed by atoms with E-state index in [-0.39, 0.29) is 0 Å². The second-order valence-electron chi connectivity index (χ2n) is 2.80. The Bertz CT molecular complexity index is 191. The number of nitrogens with zero attached hydrogens (tertiary/aromatic N) is 1. The molecule has 0 N–H and O–H groups in total. The minimum absolute atomic E-state index is 0.470. The minimum atomic E-state index is -2.13. The highest BCUT2D eigenvalue weighted by molar-refractivity contribution is 6.36. The maximum atomic E-state index is 10.1. The first-order chi connectivity index (χ1) is 7.28. The number of isocyanates is 1. The fraction of sp³-hybridized carbons (Fsp3) is 0.889. The molecule has 5 nitrogen and oxygen atoms in total. The molecule has 0 aromatic heterocycles. The first-order valence-corrected chi connectivity index (χ1v) is 6.65. The van der Waals surface area contributed by atoms with E-state index in [9.17, 15) is 4.79 Å². The molecule has 0 unspecified atom stereocenters. The van der Waals surface area contributed by atoms with Crippen LogP contribution in [0.15, 0.2) is 4.99 Å². The van der Waals surface area contributed by atoms with Gasteiger partial charge in [-0.3, -0.25) is 0 Å². The van der Waals surface area contributed by atoms with E-state index in [1.54, 1.807) is 0 Å². The molecule has 0 aliphatic heterocycles. The Balaban J connectivity index is 4.11. The van der Waals surface area contributed by atoms with Gasteiger partial charge in [0.2, 0.25) is 6.08 Å². The molecule has 0 heterocycles. The van der Waals surface area contributed by atoms with Gasteiger partial charge in [0.05, 0.1) is 0 Å². The average molecular weight is 233 g/mol. The number of carbonyl (C=O) groups excluding carboxylic acids is 1. The van der Waals surface area contributed by atoms with E-state index in [1.807, 2.05) is 20.8 Å². The van der Waals surface area contributed by atoms with Gasteiger partial charge in [-0.05, 0) is 20.3 Å². The molecular formula is C9H19NO4Si. The Morgan fingerprint density at radius 1 is 1.27 bits per heavy atom. The number of rotatable bonds is 9. The fourth-order valence-corrected chi connectivity index (χ4v) is 2.25. The summed E-state index contributed by atoms with van der Waals surface area (Å²) in [5, 5.41) is 0. The van der Waals surface area contributed by atoms with Crippen LogP contribution in [-0.2, 0) is 18.1 Å². The summed E-state index contributed by atoms with van der Waals surface area (Å²) in [4.78, 5) is 13.7. The monoisotopic (exact) mass is 233 g/mol. The highest BCUT2D eigenvalue weighted by Gasteiger charge is 2.19. The standard InChI is InChI=1S/C9H19NO4Si/c1-4-7-9(10-8-11)14-15(12-5-2)13-6-3/h9,15H,4-7H2,1-3H3/t9-/m0/s1. The van der Waals surface area contributed by atoms with E-state index in [1.165, 1.54) is 6.08 Å². The molecule has 0 aromatic rings. The first kappa shape index (κ1) is 14.5. The van der Waals surface area contributed by atoms with Gasteiger partial charge < -0.3 is 13.3 Å². The quantitative estimate of drug-likeness (QED) is 0.342. The lowest BCUT2D eigenvalue weighted by molar-refractivity contribution is 0.0629. The lowest BCUT2D eigenvalue weighted by atomic mass is 10.3. The predicted octanol–water partition coefficient (Wildman–Crippen LogP) is 1.26. The lowest BCUT2D eigenvalue weighted by Crippen LogP contribution is -2.31. The number of aliphatic imine (C=N–C) groups is 1. The Morgan fingerprint density at radius 2 is 1.87 bits per heavy atom. The molecule has 0 aliphatic carbocycles. The van der Waals surface area contributed by atoms with Crippen molar-refractivity contribution in [2.24, 2.45) is 4.99 Å². The van der Waals surface area contributed by atoms with Gasteiger partial charge in [0.25, 0.3) is 0 Å². The van der Waals surface area contributed by atoms with Crippen LogP contribution < -0.4 is 0 Å². The summed E-state index contributed by atoms with van der Waals surface area (Å²) in [6, 6.07) is 0. The minimum Gasteiger partial charge on any atom is -0.376 e. The zero-order valence-electron chi connectivity index (χ0n) is 9.56. The largest absolute Gasteiger partial charge is 0.485 e. The Morgan fingerprint density at radius 3 is 2.27 bits per heavy atom. The van der Waals surface area contributed by atoms with Crippen LogP contribution in [0.2, 0.25) is 0 Å². The van der Waals surface area contributed by atoms with Crippen molar-refractivity contribution >= 4 is 15.6 Å². The molecule has 88 valence electrons. The van der Waals surface area contributed by atoms with E-state index in [0.29, 0.717) is 19.6 Å². The van der Waals surface area contributed by atoms with E-state index in [0.717, 1.165) is 6.42 Å². The van der Waals surface area contributed by atoms with Crippen molar-refractivity contribution in [2.75, 3.05) is 13.2 Å². The van der Waals surface area contributed by atoms with E-state index < -0.39 is 15.8 Å². The molecule has 0 aliphatic rings. The van der Waals surface area contributed by atoms with Gasteiger partial charge in [0.1, 0.15) is 0 Å². The predicted molar refractivity (Wildman–Crippen MR) is 58.3 cm³/mol. The van der Waals surface area contributed by atoms with Crippen molar-refractivity contribution in [1.29, 1.82) is 0 Å². The highest BCUT2D eigenvalue weighted by atomic mass is 28.3. The molecule has 0 bridgehead atoms.